The van der Waals surface area contributed by atoms with Gasteiger partial charge in [-0.1, -0.05) is 19.1 Å². The average Bonchev–Trinajstić information content (AvgIpc) is 3.42. The summed E-state index contributed by atoms with van der Waals surface area (Å²) in [6, 6.07) is 11.8. The highest BCUT2D eigenvalue weighted by Gasteiger charge is 2.09. The number of aliphatic imine (C=N–C) groups is 1. The summed E-state index contributed by atoms with van der Waals surface area (Å²) in [6.45, 7) is 3.51. The van der Waals surface area contributed by atoms with Crippen LogP contribution < -0.4 is 15.4 Å². The molecule has 0 radical (unpaired) electrons. The van der Waals surface area contributed by atoms with E-state index in [1.165, 1.54) is 5.56 Å². The fraction of sp³-hybridized carbons (Fsp3) is 0.350. The summed E-state index contributed by atoms with van der Waals surface area (Å²) in [5.41, 5.74) is 1.29. The lowest BCUT2D eigenvalue weighted by Crippen LogP contribution is -2.37. The Labute approximate surface area is 164 Å². The SMILES string of the molecule is CN=C(NCCC(C)c1ccc(OC)cc1)NCc1nc(-c2ccco2)n[nH]1. The van der Waals surface area contributed by atoms with E-state index in [1.54, 1.807) is 20.4 Å². The minimum absolute atomic E-state index is 0.432. The Hall–Kier alpha value is -3.29. The Morgan fingerprint density at radius 2 is 2.07 bits per heavy atom. The van der Waals surface area contributed by atoms with E-state index in [0.29, 0.717) is 29.9 Å². The van der Waals surface area contributed by atoms with Gasteiger partial charge in [-0.2, -0.15) is 0 Å². The molecule has 8 heteroatoms. The van der Waals surface area contributed by atoms with Gasteiger partial charge in [-0.25, -0.2) is 4.98 Å². The van der Waals surface area contributed by atoms with Gasteiger partial charge in [-0.15, -0.1) is 5.10 Å². The topological polar surface area (TPSA) is 100 Å². The monoisotopic (exact) mass is 382 g/mol. The lowest BCUT2D eigenvalue weighted by Gasteiger charge is -2.15. The summed E-state index contributed by atoms with van der Waals surface area (Å²) in [6.07, 6.45) is 2.58. The number of hydrogen-bond donors (Lipinski definition) is 3. The number of nitrogens with one attached hydrogen (secondary N) is 3. The quantitative estimate of drug-likeness (QED) is 0.409. The van der Waals surface area contributed by atoms with Crippen LogP contribution in [0.1, 0.15) is 30.7 Å². The van der Waals surface area contributed by atoms with Crippen LogP contribution in [0.5, 0.6) is 5.75 Å². The van der Waals surface area contributed by atoms with Crippen LogP contribution in [0.15, 0.2) is 52.1 Å². The van der Waals surface area contributed by atoms with Crippen molar-refractivity contribution in [3.63, 3.8) is 0 Å². The molecule has 0 saturated heterocycles. The molecular weight excluding hydrogens is 356 g/mol. The molecule has 0 bridgehead atoms. The van der Waals surface area contributed by atoms with Crippen molar-refractivity contribution in [2.24, 2.45) is 4.99 Å². The molecule has 3 aromatic rings. The zero-order valence-corrected chi connectivity index (χ0v) is 16.4. The highest BCUT2D eigenvalue weighted by atomic mass is 16.5. The molecule has 0 aliphatic carbocycles. The lowest BCUT2D eigenvalue weighted by atomic mass is 9.98. The van der Waals surface area contributed by atoms with Crippen molar-refractivity contribution < 1.29 is 9.15 Å². The number of furan rings is 1. The molecule has 3 rings (SSSR count). The van der Waals surface area contributed by atoms with Gasteiger partial charge in [0.1, 0.15) is 11.6 Å². The summed E-state index contributed by atoms with van der Waals surface area (Å²) in [5, 5.41) is 13.6. The third-order valence-electron chi connectivity index (χ3n) is 4.47. The van der Waals surface area contributed by atoms with Gasteiger partial charge < -0.3 is 19.8 Å². The molecule has 8 nitrogen and oxygen atoms in total. The first kappa shape index (κ1) is 19.5. The molecule has 1 atom stereocenters. The minimum Gasteiger partial charge on any atom is -0.497 e. The van der Waals surface area contributed by atoms with Crippen LogP contribution in [0.2, 0.25) is 0 Å². The van der Waals surface area contributed by atoms with Crippen LogP contribution >= 0.6 is 0 Å². The molecule has 2 heterocycles. The molecule has 1 unspecified atom stereocenters. The molecule has 0 amide bonds. The van der Waals surface area contributed by atoms with Crippen molar-refractivity contribution in [1.82, 2.24) is 25.8 Å². The van der Waals surface area contributed by atoms with E-state index in [0.717, 1.165) is 24.7 Å². The van der Waals surface area contributed by atoms with Gasteiger partial charge in [-0.3, -0.25) is 10.1 Å². The normalized spacial score (nSPS) is 12.6. The van der Waals surface area contributed by atoms with E-state index < -0.39 is 0 Å². The van der Waals surface area contributed by atoms with Crippen molar-refractivity contribution in [1.29, 1.82) is 0 Å². The van der Waals surface area contributed by atoms with Gasteiger partial charge >= 0.3 is 0 Å². The molecule has 0 saturated carbocycles. The minimum atomic E-state index is 0.432. The van der Waals surface area contributed by atoms with E-state index in [-0.39, 0.29) is 0 Å². The number of ether oxygens (including phenoxy) is 1. The first-order valence-electron chi connectivity index (χ1n) is 9.23. The van der Waals surface area contributed by atoms with Gasteiger partial charge in [0.25, 0.3) is 0 Å². The van der Waals surface area contributed by atoms with Crippen LogP contribution in [0.4, 0.5) is 0 Å². The van der Waals surface area contributed by atoms with Crippen molar-refractivity contribution in [3.05, 3.63) is 54.0 Å². The van der Waals surface area contributed by atoms with Gasteiger partial charge in [-0.05, 0) is 42.2 Å². The molecule has 1 aromatic carbocycles. The summed E-state index contributed by atoms with van der Waals surface area (Å²) in [4.78, 5) is 8.65. The van der Waals surface area contributed by atoms with E-state index >= 15 is 0 Å². The molecular formula is C20H26N6O2. The van der Waals surface area contributed by atoms with Crippen LogP contribution in [-0.4, -0.2) is 41.8 Å². The number of methoxy groups -OCH3 is 1. The highest BCUT2D eigenvalue weighted by Crippen LogP contribution is 2.21. The molecule has 3 N–H and O–H groups in total. The number of guanidine groups is 1. The maximum absolute atomic E-state index is 5.30. The maximum atomic E-state index is 5.30. The highest BCUT2D eigenvalue weighted by molar-refractivity contribution is 5.79. The number of benzene rings is 1. The Morgan fingerprint density at radius 1 is 1.25 bits per heavy atom. The Morgan fingerprint density at radius 3 is 2.75 bits per heavy atom. The van der Waals surface area contributed by atoms with E-state index in [1.807, 2.05) is 24.3 Å². The summed E-state index contributed by atoms with van der Waals surface area (Å²) < 4.78 is 10.5. The van der Waals surface area contributed by atoms with Gasteiger partial charge in [0, 0.05) is 13.6 Å². The van der Waals surface area contributed by atoms with Crippen LogP contribution in [0.25, 0.3) is 11.6 Å². The lowest BCUT2D eigenvalue weighted by molar-refractivity contribution is 0.414. The van der Waals surface area contributed by atoms with Crippen LogP contribution in [-0.2, 0) is 6.54 Å². The predicted octanol–water partition coefficient (Wildman–Crippen LogP) is 2.93. The molecule has 28 heavy (non-hydrogen) atoms. The van der Waals surface area contributed by atoms with Gasteiger partial charge in [0.05, 0.1) is 19.9 Å². The van der Waals surface area contributed by atoms with Gasteiger partial charge in [0.15, 0.2) is 11.7 Å². The molecule has 0 aliphatic rings. The van der Waals surface area contributed by atoms with Crippen molar-refractivity contribution >= 4 is 5.96 Å². The summed E-state index contributed by atoms with van der Waals surface area (Å²) in [5.74, 6) is 3.91. The van der Waals surface area contributed by atoms with E-state index in [2.05, 4.69) is 49.9 Å². The van der Waals surface area contributed by atoms with E-state index in [9.17, 15) is 0 Å². The second kappa shape index (κ2) is 9.59. The smallest absolute Gasteiger partial charge is 0.216 e. The molecule has 148 valence electrons. The Bertz CT molecular complexity index is 871. The number of aromatic amines is 1. The second-order valence-corrected chi connectivity index (χ2v) is 6.40. The average molecular weight is 382 g/mol. The van der Waals surface area contributed by atoms with E-state index in [4.69, 9.17) is 9.15 Å². The second-order valence-electron chi connectivity index (χ2n) is 6.40. The van der Waals surface area contributed by atoms with Crippen LogP contribution in [0, 0.1) is 0 Å². The Kier molecular flexibility index (Phi) is 6.67. The van der Waals surface area contributed by atoms with Crippen molar-refractivity contribution in [3.8, 4) is 17.3 Å². The summed E-state index contributed by atoms with van der Waals surface area (Å²) >= 11 is 0. The largest absolute Gasteiger partial charge is 0.497 e. The fourth-order valence-corrected chi connectivity index (χ4v) is 2.78. The standard InChI is InChI=1S/C20H26N6O2/c1-14(15-6-8-16(27-3)9-7-15)10-11-22-20(21-2)23-13-18-24-19(26-25-18)17-5-4-12-28-17/h4-9,12,14H,10-11,13H2,1-3H3,(H2,21,22,23)(H,24,25,26). The molecule has 0 spiro atoms. The number of H-pyrrole nitrogens is 1. The third-order valence-corrected chi connectivity index (χ3v) is 4.47. The molecule has 0 fully saturated rings. The molecule has 2 aromatic heterocycles. The maximum Gasteiger partial charge on any atom is 0.216 e. The molecule has 0 aliphatic heterocycles. The zero-order valence-electron chi connectivity index (χ0n) is 16.4. The first-order chi connectivity index (χ1) is 13.7. The van der Waals surface area contributed by atoms with Gasteiger partial charge in [0.2, 0.25) is 5.82 Å². The number of rotatable bonds is 8. The van der Waals surface area contributed by atoms with Crippen LogP contribution in [0.3, 0.4) is 0 Å². The number of nitrogens with zero attached hydrogens (tertiary/aromatic N) is 3. The van der Waals surface area contributed by atoms with Crippen molar-refractivity contribution in [2.75, 3.05) is 20.7 Å². The Balaban J connectivity index is 1.43. The number of hydrogen-bond acceptors (Lipinski definition) is 5. The fourth-order valence-electron chi connectivity index (χ4n) is 2.78. The summed E-state index contributed by atoms with van der Waals surface area (Å²) in [7, 11) is 3.43. The van der Waals surface area contributed by atoms with Crippen molar-refractivity contribution in [2.45, 2.75) is 25.8 Å². The first-order valence-corrected chi connectivity index (χ1v) is 9.23. The predicted molar refractivity (Wildman–Crippen MR) is 108 cm³/mol. The third kappa shape index (κ3) is 5.12. The zero-order chi connectivity index (χ0) is 19.8. The number of aromatic nitrogens is 3.